The molecule has 3 rings (SSSR count). The van der Waals surface area contributed by atoms with Crippen LogP contribution in [0.25, 0.3) is 22.9 Å². The number of benzene rings is 1. The Morgan fingerprint density at radius 1 is 1.00 bits per heavy atom. The minimum atomic E-state index is -3.22. The first-order valence-electron chi connectivity index (χ1n) is 6.42. The quantitative estimate of drug-likeness (QED) is 0.734. The lowest BCUT2D eigenvalue weighted by Crippen LogP contribution is -2.18. The van der Waals surface area contributed by atoms with Gasteiger partial charge in [0.2, 0.25) is 11.8 Å². The molecule has 112 valence electrons. The molecule has 0 amide bonds. The van der Waals surface area contributed by atoms with Crippen LogP contribution in [0.2, 0.25) is 0 Å². The second-order valence-corrected chi connectivity index (χ2v) is 4.59. The predicted molar refractivity (Wildman–Crippen MR) is 74.2 cm³/mol. The molecule has 0 radical (unpaired) electrons. The summed E-state index contributed by atoms with van der Waals surface area (Å²) in [6.45, 7) is 0.680. The average molecular weight is 303 g/mol. The van der Waals surface area contributed by atoms with E-state index in [0.29, 0.717) is 23.9 Å². The molecule has 0 fully saturated rings. The summed E-state index contributed by atoms with van der Waals surface area (Å²) in [5.41, 5.74) is 1.31. The van der Waals surface area contributed by atoms with E-state index in [-0.39, 0.29) is 11.6 Å². The van der Waals surface area contributed by atoms with Crippen LogP contribution in [0.4, 0.5) is 8.78 Å². The lowest BCUT2D eigenvalue weighted by molar-refractivity contribution is -0.158. The summed E-state index contributed by atoms with van der Waals surface area (Å²) in [7, 11) is 0. The number of rotatable bonds is 4. The molecule has 0 aliphatic rings. The second-order valence-electron chi connectivity index (χ2n) is 4.59. The van der Waals surface area contributed by atoms with Crippen molar-refractivity contribution in [2.24, 2.45) is 0 Å². The number of hydrogen-bond acceptors (Lipinski definition) is 5. The van der Waals surface area contributed by atoms with Gasteiger partial charge in [-0.15, -0.1) is 10.2 Å². The van der Waals surface area contributed by atoms with Crippen LogP contribution in [0.3, 0.4) is 0 Å². The molecule has 7 heteroatoms. The maximum absolute atomic E-state index is 12.8. The van der Waals surface area contributed by atoms with Crippen molar-refractivity contribution in [1.82, 2.24) is 15.2 Å². The van der Waals surface area contributed by atoms with Crippen LogP contribution in [0.15, 0.2) is 53.2 Å². The summed E-state index contributed by atoms with van der Waals surface area (Å²) >= 11 is 0. The number of halogens is 2. The normalized spacial score (nSPS) is 11.4. The number of aromatic nitrogens is 3. The molecule has 0 aliphatic carbocycles. The number of nitrogens with zero attached hydrogens (tertiary/aromatic N) is 3. The number of ether oxygens (including phenoxy) is 1. The maximum atomic E-state index is 12.8. The summed E-state index contributed by atoms with van der Waals surface area (Å²) < 4.78 is 35.5. The number of pyridine rings is 1. The van der Waals surface area contributed by atoms with Crippen molar-refractivity contribution in [1.29, 1.82) is 0 Å². The molecule has 0 unspecified atom stereocenters. The van der Waals surface area contributed by atoms with Gasteiger partial charge < -0.3 is 9.15 Å². The molecule has 2 heterocycles. The first kappa shape index (κ1) is 14.1. The van der Waals surface area contributed by atoms with Crippen LogP contribution in [-0.2, 0) is 0 Å². The Kier molecular flexibility index (Phi) is 3.54. The SMILES string of the molecule is CC(F)(F)Oc1ccc(-c2nnc(-c3cccnc3)o2)cc1. The van der Waals surface area contributed by atoms with Crippen LogP contribution in [0, 0.1) is 0 Å². The fourth-order valence-electron chi connectivity index (χ4n) is 1.82. The molecule has 1 aromatic carbocycles. The van der Waals surface area contributed by atoms with Gasteiger partial charge in [0, 0.05) is 24.9 Å². The van der Waals surface area contributed by atoms with E-state index in [0.717, 1.165) is 0 Å². The minimum Gasteiger partial charge on any atom is -0.433 e. The van der Waals surface area contributed by atoms with E-state index >= 15 is 0 Å². The molecular formula is C15H11F2N3O2. The molecule has 2 aromatic heterocycles. The van der Waals surface area contributed by atoms with E-state index in [1.54, 1.807) is 36.7 Å². The molecule has 5 nitrogen and oxygen atoms in total. The van der Waals surface area contributed by atoms with Crippen LogP contribution < -0.4 is 4.74 Å². The highest BCUT2D eigenvalue weighted by Crippen LogP contribution is 2.26. The zero-order valence-corrected chi connectivity index (χ0v) is 11.5. The first-order valence-corrected chi connectivity index (χ1v) is 6.42. The lowest BCUT2D eigenvalue weighted by atomic mass is 10.2. The van der Waals surface area contributed by atoms with Crippen LogP contribution in [-0.4, -0.2) is 21.3 Å². The monoisotopic (exact) mass is 303 g/mol. The van der Waals surface area contributed by atoms with Gasteiger partial charge in [-0.25, -0.2) is 0 Å². The van der Waals surface area contributed by atoms with Crippen molar-refractivity contribution < 1.29 is 17.9 Å². The van der Waals surface area contributed by atoms with Crippen molar-refractivity contribution >= 4 is 0 Å². The zero-order chi connectivity index (χ0) is 15.6. The molecule has 0 aliphatic heterocycles. The third-order valence-corrected chi connectivity index (χ3v) is 2.73. The summed E-state index contributed by atoms with van der Waals surface area (Å²) in [4.78, 5) is 3.97. The van der Waals surface area contributed by atoms with Crippen LogP contribution >= 0.6 is 0 Å². The number of alkyl halides is 2. The van der Waals surface area contributed by atoms with Crippen molar-refractivity contribution in [3.8, 4) is 28.7 Å². The molecule has 0 saturated heterocycles. The summed E-state index contributed by atoms with van der Waals surface area (Å²) in [6.07, 6.45) is 0.0278. The Labute approximate surface area is 124 Å². The van der Waals surface area contributed by atoms with Crippen molar-refractivity contribution in [2.75, 3.05) is 0 Å². The molecule has 3 aromatic rings. The van der Waals surface area contributed by atoms with Crippen molar-refractivity contribution in [2.45, 2.75) is 13.0 Å². The third kappa shape index (κ3) is 3.25. The first-order chi connectivity index (χ1) is 10.5. The molecule has 22 heavy (non-hydrogen) atoms. The topological polar surface area (TPSA) is 61.0 Å². The molecule has 0 N–H and O–H groups in total. The van der Waals surface area contributed by atoms with E-state index in [9.17, 15) is 8.78 Å². The minimum absolute atomic E-state index is 0.0586. The van der Waals surface area contributed by atoms with E-state index < -0.39 is 6.11 Å². The Morgan fingerprint density at radius 2 is 1.68 bits per heavy atom. The Bertz CT molecular complexity index is 752. The molecular weight excluding hydrogens is 292 g/mol. The second kappa shape index (κ2) is 5.51. The Hall–Kier alpha value is -2.83. The highest BCUT2D eigenvalue weighted by Gasteiger charge is 2.23. The molecule has 0 saturated carbocycles. The summed E-state index contributed by atoms with van der Waals surface area (Å²) in [6, 6.07) is 9.53. The third-order valence-electron chi connectivity index (χ3n) is 2.73. The predicted octanol–water partition coefficient (Wildman–Crippen LogP) is 3.79. The zero-order valence-electron chi connectivity index (χ0n) is 11.5. The Morgan fingerprint density at radius 3 is 2.27 bits per heavy atom. The van der Waals surface area contributed by atoms with Gasteiger partial charge in [0.05, 0.1) is 5.56 Å². The van der Waals surface area contributed by atoms with Crippen LogP contribution in [0.1, 0.15) is 6.92 Å². The fourth-order valence-corrected chi connectivity index (χ4v) is 1.82. The lowest BCUT2D eigenvalue weighted by Gasteiger charge is -2.12. The fraction of sp³-hybridized carbons (Fsp3) is 0.133. The van der Waals surface area contributed by atoms with Crippen molar-refractivity contribution in [3.63, 3.8) is 0 Å². The number of hydrogen-bond donors (Lipinski definition) is 0. The van der Waals surface area contributed by atoms with Gasteiger partial charge in [-0.2, -0.15) is 8.78 Å². The summed E-state index contributed by atoms with van der Waals surface area (Å²) in [5, 5.41) is 7.87. The van der Waals surface area contributed by atoms with E-state index in [4.69, 9.17) is 4.42 Å². The van der Waals surface area contributed by atoms with Gasteiger partial charge >= 0.3 is 6.11 Å². The standard InChI is InChI=1S/C15H11F2N3O2/c1-15(16,17)22-12-6-4-10(5-7-12)13-19-20-14(21-13)11-3-2-8-18-9-11/h2-9H,1H3. The van der Waals surface area contributed by atoms with Gasteiger partial charge in [-0.3, -0.25) is 4.98 Å². The molecule has 0 spiro atoms. The van der Waals surface area contributed by atoms with Gasteiger partial charge in [-0.05, 0) is 36.4 Å². The maximum Gasteiger partial charge on any atom is 0.394 e. The van der Waals surface area contributed by atoms with E-state index in [2.05, 4.69) is 19.9 Å². The van der Waals surface area contributed by atoms with Gasteiger partial charge in [0.15, 0.2) is 0 Å². The highest BCUT2D eigenvalue weighted by molar-refractivity contribution is 5.57. The van der Waals surface area contributed by atoms with Gasteiger partial charge in [0.1, 0.15) is 5.75 Å². The highest BCUT2D eigenvalue weighted by atomic mass is 19.3. The van der Waals surface area contributed by atoms with E-state index in [1.165, 1.54) is 12.1 Å². The average Bonchev–Trinajstić information content (AvgIpc) is 2.97. The Balaban J connectivity index is 1.82. The van der Waals surface area contributed by atoms with Crippen molar-refractivity contribution in [3.05, 3.63) is 48.8 Å². The molecule has 0 atom stereocenters. The van der Waals surface area contributed by atoms with E-state index in [1.807, 2.05) is 0 Å². The smallest absolute Gasteiger partial charge is 0.394 e. The summed E-state index contributed by atoms with van der Waals surface area (Å²) in [5.74, 6) is 0.681. The molecule has 0 bridgehead atoms. The van der Waals surface area contributed by atoms with Gasteiger partial charge in [0.25, 0.3) is 0 Å². The largest absolute Gasteiger partial charge is 0.433 e. The van der Waals surface area contributed by atoms with Gasteiger partial charge in [-0.1, -0.05) is 0 Å². The van der Waals surface area contributed by atoms with Crippen LogP contribution in [0.5, 0.6) is 5.75 Å².